The van der Waals surface area contributed by atoms with Crippen LogP contribution in [0.3, 0.4) is 0 Å². The molecule has 0 saturated heterocycles. The van der Waals surface area contributed by atoms with Gasteiger partial charge < -0.3 is 5.32 Å². The molecule has 1 aliphatic carbocycles. The van der Waals surface area contributed by atoms with Crippen LogP contribution in [0, 0.1) is 5.41 Å². The van der Waals surface area contributed by atoms with Gasteiger partial charge in [0.15, 0.2) is 0 Å². The van der Waals surface area contributed by atoms with Crippen molar-refractivity contribution in [3.05, 3.63) is 0 Å². The van der Waals surface area contributed by atoms with E-state index in [2.05, 4.69) is 38.3 Å². The molecule has 2 N–H and O–H groups in total. The van der Waals surface area contributed by atoms with Crippen LogP contribution < -0.4 is 10.6 Å². The lowest BCUT2D eigenvalue weighted by Crippen LogP contribution is -2.63. The van der Waals surface area contributed by atoms with Crippen molar-refractivity contribution in [2.45, 2.75) is 95.5 Å². The van der Waals surface area contributed by atoms with Gasteiger partial charge in [-0.1, -0.05) is 40.5 Å². The molecule has 1 fully saturated rings. The highest BCUT2D eigenvalue weighted by Gasteiger charge is 2.52. The summed E-state index contributed by atoms with van der Waals surface area (Å²) in [7, 11) is 0. The minimum absolute atomic E-state index is 0.0610. The third kappa shape index (κ3) is 5.26. The van der Waals surface area contributed by atoms with Crippen LogP contribution in [-0.2, 0) is 0 Å². The van der Waals surface area contributed by atoms with Crippen molar-refractivity contribution in [1.82, 2.24) is 10.6 Å². The molecule has 0 radical (unpaired) electrons. The monoisotopic (exact) mass is 350 g/mol. The van der Waals surface area contributed by atoms with Crippen LogP contribution in [0.5, 0.6) is 0 Å². The maximum absolute atomic E-state index is 7.05. The lowest BCUT2D eigenvalue weighted by atomic mass is 9.65. The van der Waals surface area contributed by atoms with Crippen molar-refractivity contribution in [2.75, 3.05) is 13.1 Å². The molecule has 0 spiro atoms. The SMILES string of the molecule is CCCNC1CC(CCC)(CCC)CC(Cl)(NCCC)C1Cl. The van der Waals surface area contributed by atoms with Crippen LogP contribution in [0.4, 0.5) is 0 Å². The van der Waals surface area contributed by atoms with E-state index in [0.29, 0.717) is 11.5 Å². The van der Waals surface area contributed by atoms with E-state index in [1.807, 2.05) is 0 Å². The highest BCUT2D eigenvalue weighted by Crippen LogP contribution is 2.51. The molecule has 3 unspecified atom stereocenters. The van der Waals surface area contributed by atoms with Crippen LogP contribution in [0.1, 0.15) is 79.1 Å². The Balaban J connectivity index is 2.99. The Bertz CT molecular complexity index is 305. The topological polar surface area (TPSA) is 24.1 Å². The average Bonchev–Trinajstić information content (AvgIpc) is 2.48. The summed E-state index contributed by atoms with van der Waals surface area (Å²) in [5, 5.41) is 7.18. The molecule has 3 atom stereocenters. The normalized spacial score (nSPS) is 31.4. The number of hydrogen-bond acceptors (Lipinski definition) is 2. The van der Waals surface area contributed by atoms with Gasteiger partial charge in [-0.05, 0) is 57.0 Å². The van der Waals surface area contributed by atoms with Crippen LogP contribution in [-0.4, -0.2) is 29.5 Å². The van der Waals surface area contributed by atoms with Crippen molar-refractivity contribution < 1.29 is 0 Å². The lowest BCUT2D eigenvalue weighted by Gasteiger charge is -2.52. The van der Waals surface area contributed by atoms with Gasteiger partial charge in [0, 0.05) is 6.04 Å². The predicted molar refractivity (Wildman–Crippen MR) is 100 cm³/mol. The third-order valence-electron chi connectivity index (χ3n) is 4.96. The van der Waals surface area contributed by atoms with E-state index in [9.17, 15) is 0 Å². The summed E-state index contributed by atoms with van der Waals surface area (Å²) < 4.78 is 0. The van der Waals surface area contributed by atoms with Crippen LogP contribution >= 0.6 is 23.2 Å². The van der Waals surface area contributed by atoms with Crippen molar-refractivity contribution in [3.8, 4) is 0 Å². The summed E-state index contributed by atoms with van der Waals surface area (Å²) in [5.74, 6) is 0. The third-order valence-corrected chi connectivity index (χ3v) is 6.25. The molecule has 0 aromatic carbocycles. The minimum Gasteiger partial charge on any atom is -0.312 e. The van der Waals surface area contributed by atoms with Gasteiger partial charge >= 0.3 is 0 Å². The fourth-order valence-corrected chi connectivity index (χ4v) is 5.03. The van der Waals surface area contributed by atoms with Gasteiger partial charge in [-0.25, -0.2) is 0 Å². The zero-order valence-corrected chi connectivity index (χ0v) is 16.5. The van der Waals surface area contributed by atoms with E-state index in [-0.39, 0.29) is 5.38 Å². The van der Waals surface area contributed by atoms with E-state index in [1.54, 1.807) is 0 Å². The maximum Gasteiger partial charge on any atom is 0.112 e. The Labute approximate surface area is 148 Å². The summed E-state index contributed by atoms with van der Waals surface area (Å²) in [6.45, 7) is 10.9. The fourth-order valence-electron chi connectivity index (χ4n) is 4.17. The van der Waals surface area contributed by atoms with Gasteiger partial charge in [-0.3, -0.25) is 5.32 Å². The molecule has 0 aromatic rings. The minimum atomic E-state index is -0.481. The summed E-state index contributed by atoms with van der Waals surface area (Å²) in [4.78, 5) is -0.481. The Hall–Kier alpha value is 0.500. The number of nitrogens with one attached hydrogen (secondary N) is 2. The van der Waals surface area contributed by atoms with Crippen LogP contribution in [0.15, 0.2) is 0 Å². The van der Waals surface area contributed by atoms with E-state index >= 15 is 0 Å². The standard InChI is InChI=1S/C18H36Cl2N2/c1-5-9-17(10-6-2)13-15(21-11-7-3)16(19)18(20,14-17)22-12-8-4/h15-16,21-22H,5-14H2,1-4H3. The summed E-state index contributed by atoms with van der Waals surface area (Å²) in [6.07, 6.45) is 9.29. The molecule has 132 valence electrons. The number of hydrogen-bond donors (Lipinski definition) is 2. The molecule has 1 aliphatic rings. The van der Waals surface area contributed by atoms with Gasteiger partial charge in [0.2, 0.25) is 0 Å². The molecule has 4 heteroatoms. The highest BCUT2D eigenvalue weighted by atomic mass is 35.5. The Morgan fingerprint density at radius 3 is 2.05 bits per heavy atom. The van der Waals surface area contributed by atoms with Crippen LogP contribution in [0.25, 0.3) is 0 Å². The first-order valence-corrected chi connectivity index (χ1v) is 10.1. The number of halogens is 2. The first kappa shape index (κ1) is 20.5. The molecular formula is C18H36Cl2N2. The van der Waals surface area contributed by atoms with Crippen molar-refractivity contribution in [3.63, 3.8) is 0 Å². The van der Waals surface area contributed by atoms with Gasteiger partial charge in [-0.15, -0.1) is 23.2 Å². The van der Waals surface area contributed by atoms with Crippen molar-refractivity contribution in [1.29, 1.82) is 0 Å². The van der Waals surface area contributed by atoms with E-state index in [1.165, 1.54) is 25.7 Å². The largest absolute Gasteiger partial charge is 0.312 e. The van der Waals surface area contributed by atoms with Gasteiger partial charge in [0.25, 0.3) is 0 Å². The molecule has 1 rings (SSSR count). The zero-order valence-electron chi connectivity index (χ0n) is 15.0. The van der Waals surface area contributed by atoms with E-state index in [4.69, 9.17) is 23.2 Å². The number of alkyl halides is 2. The maximum atomic E-state index is 7.05. The molecule has 0 aromatic heterocycles. The zero-order chi connectivity index (χ0) is 16.6. The lowest BCUT2D eigenvalue weighted by molar-refractivity contribution is 0.0871. The number of rotatable bonds is 10. The van der Waals surface area contributed by atoms with E-state index < -0.39 is 5.00 Å². The molecule has 0 aliphatic heterocycles. The molecule has 0 bridgehead atoms. The Morgan fingerprint density at radius 1 is 0.955 bits per heavy atom. The summed E-state index contributed by atoms with van der Waals surface area (Å²) in [6, 6.07) is 0.301. The quantitative estimate of drug-likeness (QED) is 0.413. The molecule has 1 saturated carbocycles. The molecule has 22 heavy (non-hydrogen) atoms. The van der Waals surface area contributed by atoms with Gasteiger partial charge in [-0.2, -0.15) is 0 Å². The predicted octanol–water partition coefficient (Wildman–Crippen LogP) is 5.28. The Kier molecular flexibility index (Phi) is 9.07. The molecule has 0 amide bonds. The van der Waals surface area contributed by atoms with Crippen LogP contribution in [0.2, 0.25) is 0 Å². The molecular weight excluding hydrogens is 315 g/mol. The van der Waals surface area contributed by atoms with Crippen molar-refractivity contribution >= 4 is 23.2 Å². The fraction of sp³-hybridized carbons (Fsp3) is 1.00. The first-order chi connectivity index (χ1) is 10.5. The van der Waals surface area contributed by atoms with Gasteiger partial charge in [0.1, 0.15) is 5.00 Å². The average molecular weight is 351 g/mol. The summed E-state index contributed by atoms with van der Waals surface area (Å²) >= 11 is 13.9. The first-order valence-electron chi connectivity index (χ1n) is 9.28. The second kappa shape index (κ2) is 9.71. The van der Waals surface area contributed by atoms with Crippen molar-refractivity contribution in [2.24, 2.45) is 5.41 Å². The second-order valence-electron chi connectivity index (χ2n) is 7.13. The van der Waals surface area contributed by atoms with E-state index in [0.717, 1.165) is 38.8 Å². The second-order valence-corrected chi connectivity index (χ2v) is 8.28. The molecule has 0 heterocycles. The summed E-state index contributed by atoms with van der Waals surface area (Å²) in [5.41, 5.74) is 0.322. The Morgan fingerprint density at radius 2 is 1.55 bits per heavy atom. The molecule has 2 nitrogen and oxygen atoms in total. The highest BCUT2D eigenvalue weighted by molar-refractivity contribution is 6.32. The van der Waals surface area contributed by atoms with Gasteiger partial charge in [0.05, 0.1) is 5.38 Å². The smallest absolute Gasteiger partial charge is 0.112 e.